The third-order valence-electron chi connectivity index (χ3n) is 4.84. The summed E-state index contributed by atoms with van der Waals surface area (Å²) in [6, 6.07) is 0. The van der Waals surface area contributed by atoms with Crippen LogP contribution in [0.15, 0.2) is 35.5 Å². The van der Waals surface area contributed by atoms with E-state index in [-0.39, 0.29) is 12.2 Å². The summed E-state index contributed by atoms with van der Waals surface area (Å²) >= 11 is 0. The molecule has 0 aromatic rings. The largest absolute Gasteiger partial charge is 0.468 e. The summed E-state index contributed by atoms with van der Waals surface area (Å²) in [6.45, 7) is 5.19. The molecule has 0 bridgehead atoms. The van der Waals surface area contributed by atoms with E-state index in [2.05, 4.69) is 6.08 Å². The Morgan fingerprint density at radius 2 is 1.92 bits per heavy atom. The predicted molar refractivity (Wildman–Crippen MR) is 94.0 cm³/mol. The Kier molecular flexibility index (Phi) is 5.95. The fourth-order valence-corrected chi connectivity index (χ4v) is 3.65. The molecule has 3 atom stereocenters. The van der Waals surface area contributed by atoms with Crippen molar-refractivity contribution < 1.29 is 28.7 Å². The van der Waals surface area contributed by atoms with Crippen LogP contribution in [0.2, 0.25) is 0 Å². The molecule has 2 aliphatic rings. The second kappa shape index (κ2) is 7.81. The number of carbonyl (C=O) groups excluding carboxylic acids is 4. The molecule has 0 aromatic carbocycles. The number of rotatable bonds is 5. The molecule has 140 valence electrons. The van der Waals surface area contributed by atoms with Gasteiger partial charge in [-0.2, -0.15) is 0 Å². The van der Waals surface area contributed by atoms with Crippen LogP contribution in [0.4, 0.5) is 0 Å². The second-order valence-electron chi connectivity index (χ2n) is 6.89. The van der Waals surface area contributed by atoms with Crippen molar-refractivity contribution in [3.05, 3.63) is 35.5 Å². The molecule has 2 aliphatic carbocycles. The number of ether oxygens (including phenoxy) is 2. The summed E-state index contributed by atoms with van der Waals surface area (Å²) in [4.78, 5) is 49.5. The van der Waals surface area contributed by atoms with Crippen molar-refractivity contribution >= 4 is 23.5 Å². The third-order valence-corrected chi connectivity index (χ3v) is 4.84. The monoisotopic (exact) mass is 360 g/mol. The highest BCUT2D eigenvalue weighted by Crippen LogP contribution is 2.47. The van der Waals surface area contributed by atoms with Crippen molar-refractivity contribution in [2.75, 3.05) is 7.11 Å². The van der Waals surface area contributed by atoms with Crippen LogP contribution >= 0.6 is 0 Å². The van der Waals surface area contributed by atoms with Crippen molar-refractivity contribution in [3.63, 3.8) is 0 Å². The van der Waals surface area contributed by atoms with E-state index in [4.69, 9.17) is 9.47 Å². The van der Waals surface area contributed by atoms with Crippen LogP contribution in [-0.4, -0.2) is 36.7 Å². The standard InChI is InChI=1S/C20H24O6/c1-12(2)6-5-7-14-10-15-16(22)8-9-17(23)20(15,19(24)25-4)18(11-14)26-13(3)21/h6,8-9,11,15,18H,5,7,10H2,1-4H3/t15-,18-,20+/m1/s1. The average Bonchev–Trinajstić information content (AvgIpc) is 2.56. The lowest BCUT2D eigenvalue weighted by Crippen LogP contribution is -2.59. The van der Waals surface area contributed by atoms with Crippen molar-refractivity contribution in [1.29, 1.82) is 0 Å². The van der Waals surface area contributed by atoms with Gasteiger partial charge in [-0.05, 0) is 51.3 Å². The molecule has 0 radical (unpaired) electrons. The maximum atomic E-state index is 12.7. The summed E-state index contributed by atoms with van der Waals surface area (Å²) in [5, 5.41) is 0. The zero-order valence-corrected chi connectivity index (χ0v) is 15.5. The number of carbonyl (C=O) groups is 4. The molecule has 26 heavy (non-hydrogen) atoms. The van der Waals surface area contributed by atoms with E-state index in [1.54, 1.807) is 6.08 Å². The van der Waals surface area contributed by atoms with E-state index in [9.17, 15) is 19.2 Å². The lowest BCUT2D eigenvalue weighted by atomic mass is 9.59. The first-order chi connectivity index (χ1) is 12.2. The minimum atomic E-state index is -1.84. The molecular weight excluding hydrogens is 336 g/mol. The summed E-state index contributed by atoms with van der Waals surface area (Å²) < 4.78 is 10.2. The molecule has 0 aromatic heterocycles. The van der Waals surface area contributed by atoms with E-state index < -0.39 is 35.2 Å². The van der Waals surface area contributed by atoms with Gasteiger partial charge in [0.1, 0.15) is 6.10 Å². The number of fused-ring (bicyclic) bond motifs is 1. The normalized spacial score (nSPS) is 27.3. The molecule has 0 amide bonds. The number of hydrogen-bond donors (Lipinski definition) is 0. The molecule has 0 saturated heterocycles. The van der Waals surface area contributed by atoms with Gasteiger partial charge < -0.3 is 9.47 Å². The van der Waals surface area contributed by atoms with Crippen LogP contribution in [0.1, 0.15) is 40.0 Å². The molecule has 6 heteroatoms. The minimum absolute atomic E-state index is 0.262. The van der Waals surface area contributed by atoms with Gasteiger partial charge in [0, 0.05) is 6.92 Å². The summed E-state index contributed by atoms with van der Waals surface area (Å²) in [7, 11) is 1.16. The van der Waals surface area contributed by atoms with Gasteiger partial charge in [0.25, 0.3) is 0 Å². The Morgan fingerprint density at radius 1 is 1.23 bits per heavy atom. The van der Waals surface area contributed by atoms with Gasteiger partial charge in [0.05, 0.1) is 13.0 Å². The highest BCUT2D eigenvalue weighted by atomic mass is 16.6. The molecule has 0 aliphatic heterocycles. The zero-order valence-electron chi connectivity index (χ0n) is 15.5. The SMILES string of the molecule is COC(=O)[C@]12C(=O)C=CC(=O)[C@H]1CC(CCC=C(C)C)=C[C@H]2OC(C)=O. The van der Waals surface area contributed by atoms with Gasteiger partial charge in [0.2, 0.25) is 0 Å². The highest BCUT2D eigenvalue weighted by molar-refractivity contribution is 6.19. The van der Waals surface area contributed by atoms with Gasteiger partial charge >= 0.3 is 11.9 Å². The number of allylic oxidation sites excluding steroid dienone is 5. The van der Waals surface area contributed by atoms with Gasteiger partial charge in [-0.3, -0.25) is 19.2 Å². The van der Waals surface area contributed by atoms with E-state index in [1.807, 2.05) is 13.8 Å². The van der Waals surface area contributed by atoms with Gasteiger partial charge in [-0.15, -0.1) is 0 Å². The maximum absolute atomic E-state index is 12.7. The number of esters is 2. The van der Waals surface area contributed by atoms with E-state index in [1.165, 1.54) is 18.6 Å². The molecule has 0 spiro atoms. The van der Waals surface area contributed by atoms with Crippen LogP contribution in [0, 0.1) is 11.3 Å². The average molecular weight is 360 g/mol. The minimum Gasteiger partial charge on any atom is -0.468 e. The van der Waals surface area contributed by atoms with Crippen molar-refractivity contribution in [3.8, 4) is 0 Å². The molecule has 0 N–H and O–H groups in total. The second-order valence-corrected chi connectivity index (χ2v) is 6.89. The van der Waals surface area contributed by atoms with Crippen LogP contribution in [0.3, 0.4) is 0 Å². The Bertz CT molecular complexity index is 723. The van der Waals surface area contributed by atoms with E-state index >= 15 is 0 Å². The van der Waals surface area contributed by atoms with E-state index in [0.29, 0.717) is 6.42 Å². The Morgan fingerprint density at radius 3 is 2.50 bits per heavy atom. The van der Waals surface area contributed by atoms with Gasteiger partial charge in [0.15, 0.2) is 17.0 Å². The third kappa shape index (κ3) is 3.54. The number of hydrogen-bond acceptors (Lipinski definition) is 6. The Balaban J connectivity index is 2.52. The maximum Gasteiger partial charge on any atom is 0.324 e. The summed E-state index contributed by atoms with van der Waals surface area (Å²) in [5.41, 5.74) is 0.218. The van der Waals surface area contributed by atoms with Crippen LogP contribution in [0.25, 0.3) is 0 Å². The van der Waals surface area contributed by atoms with Crippen molar-refractivity contribution in [2.45, 2.75) is 46.1 Å². The number of methoxy groups -OCH3 is 1. The molecular formula is C20H24O6. The summed E-state index contributed by atoms with van der Waals surface area (Å²) in [6.07, 6.45) is 6.49. The van der Waals surface area contributed by atoms with Gasteiger partial charge in [-0.25, -0.2) is 0 Å². The molecule has 0 fully saturated rings. The molecule has 2 rings (SSSR count). The fraction of sp³-hybridized carbons (Fsp3) is 0.500. The molecule has 0 unspecified atom stereocenters. The topological polar surface area (TPSA) is 86.7 Å². The first-order valence-electron chi connectivity index (χ1n) is 8.58. The van der Waals surface area contributed by atoms with Crippen molar-refractivity contribution in [2.24, 2.45) is 11.3 Å². The number of ketones is 2. The Labute approximate surface area is 152 Å². The predicted octanol–water partition coefficient (Wildman–Crippen LogP) is 2.48. The molecule has 6 nitrogen and oxygen atoms in total. The van der Waals surface area contributed by atoms with Crippen LogP contribution in [0.5, 0.6) is 0 Å². The molecule has 0 heterocycles. The lowest BCUT2D eigenvalue weighted by molar-refractivity contribution is -0.178. The van der Waals surface area contributed by atoms with Crippen LogP contribution in [-0.2, 0) is 28.7 Å². The first-order valence-corrected chi connectivity index (χ1v) is 8.58. The van der Waals surface area contributed by atoms with E-state index in [0.717, 1.165) is 25.2 Å². The lowest BCUT2D eigenvalue weighted by Gasteiger charge is -2.44. The van der Waals surface area contributed by atoms with Crippen LogP contribution < -0.4 is 0 Å². The van der Waals surface area contributed by atoms with Crippen molar-refractivity contribution in [1.82, 2.24) is 0 Å². The van der Waals surface area contributed by atoms with Gasteiger partial charge in [-0.1, -0.05) is 17.2 Å². The fourth-order valence-electron chi connectivity index (χ4n) is 3.65. The Hall–Kier alpha value is -2.50. The molecule has 0 saturated carbocycles. The smallest absolute Gasteiger partial charge is 0.324 e. The highest BCUT2D eigenvalue weighted by Gasteiger charge is 2.63. The quantitative estimate of drug-likeness (QED) is 0.425. The summed E-state index contributed by atoms with van der Waals surface area (Å²) in [5.74, 6) is -3.31. The first kappa shape index (κ1) is 19.8. The zero-order chi connectivity index (χ0) is 19.5.